The second-order valence-corrected chi connectivity index (χ2v) is 19.2. The summed E-state index contributed by atoms with van der Waals surface area (Å²) in [4.78, 5) is 7.92. The van der Waals surface area contributed by atoms with Crippen LogP contribution >= 0.6 is 0 Å². The molecule has 8 aromatic carbocycles. The third-order valence-corrected chi connectivity index (χ3v) is 15.5. The van der Waals surface area contributed by atoms with Crippen LogP contribution in [0.3, 0.4) is 0 Å². The van der Waals surface area contributed by atoms with E-state index in [1.807, 2.05) is 48.7 Å². The van der Waals surface area contributed by atoms with Crippen LogP contribution in [0.15, 0.2) is 226 Å². The minimum Gasteiger partial charge on any atom is -0.455 e. The van der Waals surface area contributed by atoms with Crippen LogP contribution in [-0.2, 0) is 9.84 Å². The molecule has 4 heterocycles. The Kier molecular flexibility index (Phi) is 8.00. The molecule has 8 heteroatoms. The summed E-state index contributed by atoms with van der Waals surface area (Å²) in [6, 6.07) is 66.2. The van der Waals surface area contributed by atoms with Crippen LogP contribution in [0.25, 0.3) is 55.3 Å². The van der Waals surface area contributed by atoms with Crippen molar-refractivity contribution in [3.8, 4) is 28.0 Å². The van der Waals surface area contributed by atoms with Crippen molar-refractivity contribution < 1.29 is 17.6 Å². The normalized spacial score (nSPS) is 15.1. The van der Waals surface area contributed by atoms with Gasteiger partial charge in [0.05, 0.1) is 10.6 Å². The third kappa shape index (κ3) is 5.54. The van der Waals surface area contributed by atoms with Crippen molar-refractivity contribution in [1.29, 1.82) is 0 Å². The monoisotopic (exact) mass is 882 g/mol. The lowest BCUT2D eigenvalue weighted by Gasteiger charge is -2.30. The van der Waals surface area contributed by atoms with E-state index in [4.69, 9.17) is 14.1 Å². The van der Waals surface area contributed by atoms with Gasteiger partial charge in [0, 0.05) is 70.0 Å². The van der Waals surface area contributed by atoms with E-state index in [-0.39, 0.29) is 16.2 Å². The van der Waals surface area contributed by atoms with Crippen molar-refractivity contribution in [3.05, 3.63) is 244 Å². The summed E-state index contributed by atoms with van der Waals surface area (Å²) in [7, 11) is -3.93. The Morgan fingerprint density at radius 1 is 0.597 bits per heavy atom. The number of sulfone groups is 1. The first-order valence-corrected chi connectivity index (χ1v) is 23.8. The Labute approximate surface area is 384 Å². The zero-order chi connectivity index (χ0) is 44.4. The van der Waals surface area contributed by atoms with E-state index in [1.165, 1.54) is 0 Å². The van der Waals surface area contributed by atoms with Crippen molar-refractivity contribution >= 4 is 71.4 Å². The van der Waals surface area contributed by atoms with Gasteiger partial charge in [-0.1, -0.05) is 115 Å². The molecule has 0 N–H and O–H groups in total. The molecule has 4 aliphatic rings. The Bertz CT molecular complexity index is 4230. The fourth-order valence-electron chi connectivity index (χ4n) is 10.6. The van der Waals surface area contributed by atoms with Gasteiger partial charge in [-0.2, -0.15) is 0 Å². The summed E-state index contributed by atoms with van der Waals surface area (Å²) in [6.07, 6.45) is 3.82. The number of aromatic nitrogens is 1. The maximum absolute atomic E-state index is 14.7. The van der Waals surface area contributed by atoms with Crippen molar-refractivity contribution in [3.63, 3.8) is 0 Å². The van der Waals surface area contributed by atoms with Gasteiger partial charge in [0.25, 0.3) is 0 Å². The number of anilines is 3. The van der Waals surface area contributed by atoms with E-state index in [2.05, 4.69) is 143 Å². The predicted octanol–water partition coefficient (Wildman–Crippen LogP) is 12.6. The van der Waals surface area contributed by atoms with Gasteiger partial charge in [0.15, 0.2) is 0 Å². The second kappa shape index (κ2) is 14.2. The van der Waals surface area contributed by atoms with Crippen molar-refractivity contribution in [1.82, 2.24) is 9.56 Å². The highest BCUT2D eigenvalue weighted by molar-refractivity contribution is 7.95. The SMILES string of the molecule is O=S1(=O)C2=C(C=C3C(=c4cc(-c5cccc6c5oc5ccccc56)ccc4=c4cc5c(cc4-c4cccnc43)=[N+](c3ccccc3)c3ccccc3N5c3ccccc3)C2)Oc2ccccc21. The number of furan rings is 1. The van der Waals surface area contributed by atoms with Crippen LogP contribution in [0.5, 0.6) is 5.75 Å². The van der Waals surface area contributed by atoms with Crippen LogP contribution in [0.1, 0.15) is 12.1 Å². The molecule has 10 aromatic rings. The average Bonchev–Trinajstić information content (AvgIpc) is 3.76. The number of allylic oxidation sites excluding steroid dienone is 3. The number of para-hydroxylation sites is 7. The van der Waals surface area contributed by atoms with E-state index in [1.54, 1.807) is 24.3 Å². The molecule has 0 amide bonds. The predicted molar refractivity (Wildman–Crippen MR) is 265 cm³/mol. The molecule has 0 spiro atoms. The Balaban J connectivity index is 1.17. The van der Waals surface area contributed by atoms with E-state index in [9.17, 15) is 8.42 Å². The standard InChI is InChI=1S/C59H36N3O4S/c63-67(64)56-27-12-11-26-54(56)65-55-34-48-47(35-57(55)67)44-31-36(39-20-13-21-43-41-19-7-10-25-53(41)66-59(39)43)28-29-40(44)45-32-51-52(33-46(45)42-22-14-30-60-58(42)48)62(38-17-5-2-6-18-38)50-24-9-8-23-49(50)61(51)37-15-3-1-4-16-37/h1-34H,35H2/q+1. The molecule has 0 unspecified atom stereocenters. The van der Waals surface area contributed by atoms with E-state index in [0.717, 1.165) is 110 Å². The first-order valence-electron chi connectivity index (χ1n) is 22.3. The van der Waals surface area contributed by atoms with Crippen LogP contribution in [0.2, 0.25) is 0 Å². The number of hydrogen-bond acceptors (Lipinski definition) is 6. The third-order valence-electron chi connectivity index (χ3n) is 13.6. The first-order chi connectivity index (χ1) is 33.0. The maximum Gasteiger partial charge on any atom is 0.236 e. The number of benzene rings is 8. The van der Waals surface area contributed by atoms with Crippen LogP contribution in [0, 0.1) is 10.4 Å². The lowest BCUT2D eigenvalue weighted by molar-refractivity contribution is 0.419. The number of rotatable bonds is 3. The van der Waals surface area contributed by atoms with Gasteiger partial charge in [0.1, 0.15) is 38.9 Å². The number of nitrogens with zero attached hydrogens (tertiary/aromatic N) is 3. The average molecular weight is 883 g/mol. The Morgan fingerprint density at radius 3 is 2.25 bits per heavy atom. The number of fused-ring (bicyclic) bond motifs is 12. The van der Waals surface area contributed by atoms with Crippen molar-refractivity contribution in [2.75, 3.05) is 4.90 Å². The molecule has 0 saturated heterocycles. The van der Waals surface area contributed by atoms with Crippen LogP contribution < -0.4 is 24.8 Å². The fourth-order valence-corrected chi connectivity index (χ4v) is 12.2. The van der Waals surface area contributed by atoms with Gasteiger partial charge in [-0.3, -0.25) is 9.88 Å². The van der Waals surface area contributed by atoms with Gasteiger partial charge in [-0.05, 0) is 93.0 Å². The maximum atomic E-state index is 14.7. The molecular formula is C59H36N3O4S+. The van der Waals surface area contributed by atoms with Gasteiger partial charge in [-0.15, -0.1) is 4.58 Å². The summed E-state index contributed by atoms with van der Waals surface area (Å²) in [5.74, 6) is 0.631. The summed E-state index contributed by atoms with van der Waals surface area (Å²) in [5, 5.41) is 5.94. The summed E-state index contributed by atoms with van der Waals surface area (Å²) in [5.41, 5.74) is 13.0. The number of ether oxygens (including phenoxy) is 1. The van der Waals surface area contributed by atoms with Gasteiger partial charge < -0.3 is 9.15 Å². The Morgan fingerprint density at radius 2 is 1.36 bits per heavy atom. The topological polar surface area (TPSA) is 75.7 Å². The lowest BCUT2D eigenvalue weighted by atomic mass is 9.84. The molecule has 0 saturated carbocycles. The highest BCUT2D eigenvalue weighted by Crippen LogP contribution is 2.48. The highest BCUT2D eigenvalue weighted by atomic mass is 32.2. The largest absolute Gasteiger partial charge is 0.455 e. The summed E-state index contributed by atoms with van der Waals surface area (Å²) >= 11 is 0. The molecule has 316 valence electrons. The molecule has 0 atom stereocenters. The van der Waals surface area contributed by atoms with Gasteiger partial charge >= 0.3 is 0 Å². The Hall–Kier alpha value is -8.59. The van der Waals surface area contributed by atoms with Gasteiger partial charge in [0.2, 0.25) is 26.6 Å². The smallest absolute Gasteiger partial charge is 0.236 e. The summed E-state index contributed by atoms with van der Waals surface area (Å²) < 4.78 is 44.9. The molecular weight excluding hydrogens is 847 g/mol. The minimum atomic E-state index is -3.93. The van der Waals surface area contributed by atoms with Crippen molar-refractivity contribution in [2.24, 2.45) is 0 Å². The molecule has 2 aliphatic heterocycles. The molecule has 67 heavy (non-hydrogen) atoms. The minimum absolute atomic E-state index is 0.102. The molecule has 2 aliphatic carbocycles. The van der Waals surface area contributed by atoms with E-state index >= 15 is 0 Å². The molecule has 7 nitrogen and oxygen atoms in total. The zero-order valence-electron chi connectivity index (χ0n) is 35.7. The molecule has 0 fully saturated rings. The van der Waals surface area contributed by atoms with Gasteiger partial charge in [-0.25, -0.2) is 8.42 Å². The number of hydrogen-bond donors (Lipinski definition) is 0. The van der Waals surface area contributed by atoms with E-state index in [0.29, 0.717) is 11.5 Å². The second-order valence-electron chi connectivity index (χ2n) is 17.2. The van der Waals surface area contributed by atoms with Crippen LogP contribution in [0.4, 0.5) is 28.4 Å². The molecule has 2 aromatic heterocycles. The van der Waals surface area contributed by atoms with Crippen LogP contribution in [-0.4, -0.2) is 13.4 Å². The molecule has 0 bridgehead atoms. The fraction of sp³-hybridized carbons (Fsp3) is 0.0169. The summed E-state index contributed by atoms with van der Waals surface area (Å²) in [6.45, 7) is 0. The molecule has 14 rings (SSSR count). The lowest BCUT2D eigenvalue weighted by Crippen LogP contribution is -2.33. The van der Waals surface area contributed by atoms with E-state index < -0.39 is 9.84 Å². The highest BCUT2D eigenvalue weighted by Gasteiger charge is 2.39. The zero-order valence-corrected chi connectivity index (χ0v) is 36.5. The quantitative estimate of drug-likeness (QED) is 0.165. The number of pyridine rings is 1. The van der Waals surface area contributed by atoms with Crippen molar-refractivity contribution in [2.45, 2.75) is 11.3 Å². The first kappa shape index (κ1) is 37.8. The molecule has 0 radical (unpaired) electrons.